The summed E-state index contributed by atoms with van der Waals surface area (Å²) >= 11 is 0. The third-order valence-corrected chi connectivity index (χ3v) is 7.98. The number of aromatic nitrogens is 2. The van der Waals surface area contributed by atoms with Gasteiger partial charge in [-0.3, -0.25) is 33.7 Å². The number of hydrogen-bond donors (Lipinski definition) is 1. The molecule has 11 heteroatoms. The van der Waals surface area contributed by atoms with Crippen molar-refractivity contribution in [2.24, 2.45) is 7.05 Å². The molecule has 39 heavy (non-hydrogen) atoms. The third kappa shape index (κ3) is 5.18. The third-order valence-electron chi connectivity index (χ3n) is 7.98. The molecule has 2 aromatic rings. The summed E-state index contributed by atoms with van der Waals surface area (Å²) in [6.45, 7) is 6.61. The second kappa shape index (κ2) is 10.2. The number of likely N-dealkylation sites (tertiary alicyclic amines) is 1. The average molecular weight is 540 g/mol. The summed E-state index contributed by atoms with van der Waals surface area (Å²) in [6, 6.07) is 4.85. The van der Waals surface area contributed by atoms with E-state index in [0.717, 1.165) is 23.9 Å². The van der Waals surface area contributed by atoms with Gasteiger partial charge in [0, 0.05) is 33.0 Å². The fourth-order valence-electron chi connectivity index (χ4n) is 6.26. The highest BCUT2D eigenvalue weighted by Gasteiger charge is 2.45. The van der Waals surface area contributed by atoms with Crippen molar-refractivity contribution >= 4 is 34.8 Å². The molecule has 3 aliphatic rings. The quantitative estimate of drug-likeness (QED) is 0.582. The van der Waals surface area contributed by atoms with Crippen molar-refractivity contribution in [3.8, 4) is 0 Å². The Bertz CT molecular complexity index is 1370. The zero-order valence-corrected chi connectivity index (χ0v) is 23.1. The normalized spacial score (nSPS) is 23.3. The first-order chi connectivity index (χ1) is 18.4. The van der Waals surface area contributed by atoms with Gasteiger partial charge in [-0.25, -0.2) is 9.59 Å². The van der Waals surface area contributed by atoms with Crippen LogP contribution in [0.4, 0.5) is 4.79 Å². The Balaban J connectivity index is 1.24. The molecule has 0 aliphatic carbocycles. The molecule has 5 rings (SSSR count). The van der Waals surface area contributed by atoms with Gasteiger partial charge < -0.3 is 9.64 Å². The molecular weight excluding hydrogens is 502 g/mol. The Morgan fingerprint density at radius 2 is 1.74 bits per heavy atom. The van der Waals surface area contributed by atoms with E-state index in [-0.39, 0.29) is 48.5 Å². The number of carbonyl (C=O) groups is 4. The van der Waals surface area contributed by atoms with Crippen molar-refractivity contribution in [1.82, 2.24) is 24.3 Å². The van der Waals surface area contributed by atoms with Gasteiger partial charge in [0.25, 0.3) is 0 Å². The number of hydrogen-bond acceptors (Lipinski definition) is 6. The number of imidazole rings is 1. The number of benzene rings is 1. The Hall–Kier alpha value is -3.63. The van der Waals surface area contributed by atoms with E-state index >= 15 is 0 Å². The van der Waals surface area contributed by atoms with E-state index < -0.39 is 17.6 Å². The van der Waals surface area contributed by atoms with Gasteiger partial charge in [0.15, 0.2) is 0 Å². The van der Waals surface area contributed by atoms with E-state index in [2.05, 4.69) is 5.32 Å². The van der Waals surface area contributed by atoms with Gasteiger partial charge in [0.2, 0.25) is 17.7 Å². The van der Waals surface area contributed by atoms with Gasteiger partial charge in [0.1, 0.15) is 11.6 Å². The second-order valence-electron chi connectivity index (χ2n) is 11.9. The van der Waals surface area contributed by atoms with Crippen molar-refractivity contribution in [1.29, 1.82) is 0 Å². The van der Waals surface area contributed by atoms with Crippen molar-refractivity contribution in [3.63, 3.8) is 0 Å². The van der Waals surface area contributed by atoms with Gasteiger partial charge in [-0.2, -0.15) is 0 Å². The van der Waals surface area contributed by atoms with Crippen LogP contribution in [0, 0.1) is 0 Å². The van der Waals surface area contributed by atoms with Crippen LogP contribution in [0.2, 0.25) is 0 Å². The zero-order chi connectivity index (χ0) is 28.1. The predicted molar refractivity (Wildman–Crippen MR) is 143 cm³/mol. The van der Waals surface area contributed by atoms with Crippen molar-refractivity contribution in [2.75, 3.05) is 13.1 Å². The SMILES string of the molecule is Cn1c(=O)n(C2CCC(=O)NC2=O)c2cccc(CCCC(=O)N3C[C@H]4CC[C@@H](C3)N4C(=O)OC(C)(C)C)c21. The predicted octanol–water partition coefficient (Wildman–Crippen LogP) is 2.25. The number of piperazine rings is 1. The standard InChI is InChI=1S/C28H37N5O6/c1-28(2,3)39-27(38)32-18-11-12-19(32)16-31(15-18)23(35)10-6-8-17-7-5-9-20-24(17)30(4)26(37)33(20)21-13-14-22(34)29-25(21)36/h5,7,9,18-19,21H,6,8,10-16H2,1-4H3,(H,29,34,36)/t18-,19+,21?. The topological polar surface area (TPSA) is 123 Å². The van der Waals surface area contributed by atoms with Gasteiger partial charge in [-0.1, -0.05) is 12.1 Å². The molecule has 3 fully saturated rings. The van der Waals surface area contributed by atoms with Crippen LogP contribution in [-0.2, 0) is 32.6 Å². The first-order valence-corrected chi connectivity index (χ1v) is 13.8. The van der Waals surface area contributed by atoms with E-state index in [4.69, 9.17) is 4.74 Å². The minimum Gasteiger partial charge on any atom is -0.444 e. The van der Waals surface area contributed by atoms with Crippen LogP contribution < -0.4 is 11.0 Å². The Kier molecular flexibility index (Phi) is 7.02. The van der Waals surface area contributed by atoms with E-state index in [1.54, 1.807) is 11.6 Å². The fourth-order valence-corrected chi connectivity index (χ4v) is 6.26. The van der Waals surface area contributed by atoms with E-state index in [1.807, 2.05) is 48.8 Å². The molecule has 3 atom stereocenters. The highest BCUT2D eigenvalue weighted by molar-refractivity contribution is 6.00. The number of imide groups is 1. The molecule has 0 saturated carbocycles. The summed E-state index contributed by atoms with van der Waals surface area (Å²) < 4.78 is 8.62. The summed E-state index contributed by atoms with van der Waals surface area (Å²) in [5.41, 5.74) is 1.46. The number of ether oxygens (including phenoxy) is 1. The maximum atomic E-state index is 13.1. The van der Waals surface area contributed by atoms with E-state index in [9.17, 15) is 24.0 Å². The number of nitrogens with zero attached hydrogens (tertiary/aromatic N) is 4. The Labute approximate surface area is 227 Å². The molecule has 0 spiro atoms. The van der Waals surface area contributed by atoms with E-state index in [1.165, 1.54) is 4.57 Å². The molecule has 3 aliphatic heterocycles. The first-order valence-electron chi connectivity index (χ1n) is 13.8. The molecule has 1 unspecified atom stereocenters. The van der Waals surface area contributed by atoms with Crippen LogP contribution in [0.15, 0.2) is 23.0 Å². The summed E-state index contributed by atoms with van der Waals surface area (Å²) in [5.74, 6) is -0.718. The van der Waals surface area contributed by atoms with Gasteiger partial charge >= 0.3 is 11.8 Å². The number of para-hydroxylation sites is 1. The lowest BCUT2D eigenvalue weighted by atomic mass is 10.0. The summed E-state index contributed by atoms with van der Waals surface area (Å²) in [7, 11) is 1.68. The Morgan fingerprint density at radius 3 is 2.38 bits per heavy atom. The molecule has 3 saturated heterocycles. The van der Waals surface area contributed by atoms with Crippen LogP contribution in [0.5, 0.6) is 0 Å². The van der Waals surface area contributed by atoms with Crippen molar-refractivity contribution in [2.45, 2.75) is 89.4 Å². The molecule has 1 aromatic carbocycles. The van der Waals surface area contributed by atoms with Crippen LogP contribution >= 0.6 is 0 Å². The lowest BCUT2D eigenvalue weighted by Gasteiger charge is -2.41. The minimum atomic E-state index is -0.731. The maximum Gasteiger partial charge on any atom is 0.410 e. The second-order valence-corrected chi connectivity index (χ2v) is 11.9. The summed E-state index contributed by atoms with van der Waals surface area (Å²) in [5, 5.41) is 2.33. The average Bonchev–Trinajstić information content (AvgIpc) is 3.27. The van der Waals surface area contributed by atoms with Crippen molar-refractivity contribution < 1.29 is 23.9 Å². The first kappa shape index (κ1) is 27.0. The van der Waals surface area contributed by atoms with E-state index in [0.29, 0.717) is 37.9 Å². The fraction of sp³-hybridized carbons (Fsp3) is 0.607. The molecular formula is C28H37N5O6. The molecule has 11 nitrogen and oxygen atoms in total. The number of nitrogens with one attached hydrogen (secondary N) is 1. The smallest absolute Gasteiger partial charge is 0.410 e. The summed E-state index contributed by atoms with van der Waals surface area (Å²) in [4.78, 5) is 66.8. The number of fused-ring (bicyclic) bond motifs is 3. The molecule has 2 bridgehead atoms. The molecule has 1 N–H and O–H groups in total. The maximum absolute atomic E-state index is 13.1. The largest absolute Gasteiger partial charge is 0.444 e. The molecule has 1 aromatic heterocycles. The molecule has 4 heterocycles. The minimum absolute atomic E-state index is 0.0159. The van der Waals surface area contributed by atoms with Crippen LogP contribution in [-0.4, -0.2) is 73.5 Å². The number of amides is 4. The molecule has 4 amide bonds. The van der Waals surface area contributed by atoms with Gasteiger partial charge in [-0.15, -0.1) is 0 Å². The van der Waals surface area contributed by atoms with Gasteiger partial charge in [-0.05, 0) is 64.5 Å². The lowest BCUT2D eigenvalue weighted by molar-refractivity contribution is -0.136. The number of aryl methyl sites for hydroxylation is 2. The van der Waals surface area contributed by atoms with Crippen LogP contribution in [0.3, 0.4) is 0 Å². The van der Waals surface area contributed by atoms with Crippen LogP contribution in [0.25, 0.3) is 11.0 Å². The molecule has 0 radical (unpaired) electrons. The number of rotatable bonds is 5. The highest BCUT2D eigenvalue weighted by Crippen LogP contribution is 2.32. The Morgan fingerprint density at radius 1 is 1.05 bits per heavy atom. The number of piperidine rings is 1. The zero-order valence-electron chi connectivity index (χ0n) is 23.1. The lowest BCUT2D eigenvalue weighted by Crippen LogP contribution is -2.57. The monoisotopic (exact) mass is 539 g/mol. The molecule has 210 valence electrons. The summed E-state index contributed by atoms with van der Waals surface area (Å²) in [6.07, 6.45) is 3.48. The number of carbonyl (C=O) groups excluding carboxylic acids is 4. The van der Waals surface area contributed by atoms with Crippen LogP contribution in [0.1, 0.15) is 70.9 Å². The highest BCUT2D eigenvalue weighted by atomic mass is 16.6. The van der Waals surface area contributed by atoms with Gasteiger partial charge in [0.05, 0.1) is 23.1 Å². The van der Waals surface area contributed by atoms with Crippen molar-refractivity contribution in [3.05, 3.63) is 34.2 Å².